The molecule has 2 unspecified atom stereocenters. The Morgan fingerprint density at radius 1 is 1.28 bits per heavy atom. The normalized spacial score (nSPS) is 31.1. The lowest BCUT2D eigenvalue weighted by molar-refractivity contribution is 0.0481. The zero-order valence-electron chi connectivity index (χ0n) is 17.4. The molecule has 4 heterocycles. The summed E-state index contributed by atoms with van der Waals surface area (Å²) in [6.45, 7) is 12.8. The minimum absolute atomic E-state index is 0.00646. The SMILES string of the molecule is C=C1C=C2/C(=C(/F)CN=C3c4ccccc4N=C(C(C)(C)C)N13)C1CCC2(C)O1. The molecule has 5 heteroatoms. The van der Waals surface area contributed by atoms with E-state index >= 15 is 4.39 Å². The summed E-state index contributed by atoms with van der Waals surface area (Å²) in [6.07, 6.45) is 3.55. The van der Waals surface area contributed by atoms with Crippen molar-refractivity contribution in [2.45, 2.75) is 52.2 Å². The van der Waals surface area contributed by atoms with Crippen LogP contribution in [-0.4, -0.2) is 34.8 Å². The van der Waals surface area contributed by atoms with Crippen LogP contribution in [0, 0.1) is 5.41 Å². The first-order valence-corrected chi connectivity index (χ1v) is 10.2. The van der Waals surface area contributed by atoms with E-state index < -0.39 is 5.60 Å². The lowest BCUT2D eigenvalue weighted by Gasteiger charge is -2.38. The summed E-state index contributed by atoms with van der Waals surface area (Å²) in [7, 11) is 0. The number of para-hydroxylation sites is 1. The number of hydrogen-bond donors (Lipinski definition) is 0. The van der Waals surface area contributed by atoms with Gasteiger partial charge in [0.1, 0.15) is 17.5 Å². The van der Waals surface area contributed by atoms with Crippen molar-refractivity contribution in [3.63, 3.8) is 0 Å². The van der Waals surface area contributed by atoms with Gasteiger partial charge >= 0.3 is 0 Å². The van der Waals surface area contributed by atoms with Gasteiger partial charge in [0, 0.05) is 22.2 Å². The van der Waals surface area contributed by atoms with E-state index in [9.17, 15) is 0 Å². The number of nitrogens with zero attached hydrogens (tertiary/aromatic N) is 3. The zero-order chi connectivity index (χ0) is 20.6. The number of allylic oxidation sites excluding steroid dienone is 1. The van der Waals surface area contributed by atoms with Gasteiger partial charge in [-0.25, -0.2) is 9.38 Å². The van der Waals surface area contributed by atoms with E-state index in [1.807, 2.05) is 35.2 Å². The predicted octanol–water partition coefficient (Wildman–Crippen LogP) is 5.45. The van der Waals surface area contributed by atoms with Crippen molar-refractivity contribution in [3.8, 4) is 0 Å². The van der Waals surface area contributed by atoms with Gasteiger partial charge in [0.05, 0.1) is 23.9 Å². The molecule has 0 aliphatic carbocycles. The standard InChI is InChI=1S/C24H26FN3O/c1-14-12-16-20(19-10-11-24(16,5)29-19)17(25)13-26-21-15-8-6-7-9-18(15)27-22(28(14)21)23(2,3)4/h6-9,12,19H,1,10-11,13H2,2-5H3/b16-12?,20-17-,26-21?. The van der Waals surface area contributed by atoms with Crippen LogP contribution >= 0.6 is 0 Å². The Bertz CT molecular complexity index is 1060. The van der Waals surface area contributed by atoms with E-state index in [4.69, 9.17) is 14.7 Å². The Morgan fingerprint density at radius 3 is 2.79 bits per heavy atom. The second kappa shape index (κ2) is 5.99. The topological polar surface area (TPSA) is 37.2 Å². The van der Waals surface area contributed by atoms with Crippen molar-refractivity contribution < 1.29 is 9.13 Å². The molecule has 0 spiro atoms. The van der Waals surface area contributed by atoms with Gasteiger partial charge in [-0.2, -0.15) is 0 Å². The lowest BCUT2D eigenvalue weighted by atomic mass is 9.80. The van der Waals surface area contributed by atoms with Crippen molar-refractivity contribution in [2.75, 3.05) is 6.54 Å². The van der Waals surface area contributed by atoms with E-state index in [2.05, 4.69) is 34.3 Å². The summed E-state index contributed by atoms with van der Waals surface area (Å²) in [4.78, 5) is 11.7. The quantitative estimate of drug-likeness (QED) is 0.589. The first kappa shape index (κ1) is 18.5. The predicted molar refractivity (Wildman–Crippen MR) is 114 cm³/mol. The molecule has 0 N–H and O–H groups in total. The van der Waals surface area contributed by atoms with Crippen molar-refractivity contribution in [3.05, 3.63) is 65.2 Å². The monoisotopic (exact) mass is 391 g/mol. The zero-order valence-corrected chi connectivity index (χ0v) is 17.4. The van der Waals surface area contributed by atoms with Crippen LogP contribution < -0.4 is 0 Å². The molecule has 29 heavy (non-hydrogen) atoms. The fraction of sp³-hybridized carbons (Fsp3) is 0.417. The van der Waals surface area contributed by atoms with Gasteiger partial charge in [0.15, 0.2) is 0 Å². The average molecular weight is 391 g/mol. The number of ether oxygens (including phenoxy) is 1. The number of fused-ring (bicyclic) bond motifs is 8. The van der Waals surface area contributed by atoms with Gasteiger partial charge < -0.3 is 4.74 Å². The molecule has 1 aromatic carbocycles. The molecule has 2 saturated heterocycles. The fourth-order valence-corrected chi connectivity index (χ4v) is 4.79. The van der Waals surface area contributed by atoms with Crippen LogP contribution in [0.15, 0.2) is 69.6 Å². The minimum atomic E-state index is -0.461. The highest BCUT2D eigenvalue weighted by Crippen LogP contribution is 2.52. The van der Waals surface area contributed by atoms with Crippen LogP contribution in [0.3, 0.4) is 0 Å². The molecule has 4 aliphatic rings. The largest absolute Gasteiger partial charge is 0.363 e. The molecule has 0 amide bonds. The molecule has 4 aliphatic heterocycles. The van der Waals surface area contributed by atoms with Gasteiger partial charge in [-0.15, -0.1) is 0 Å². The van der Waals surface area contributed by atoms with E-state index in [0.29, 0.717) is 11.4 Å². The average Bonchev–Trinajstić information content (AvgIpc) is 3.18. The number of amidine groups is 2. The van der Waals surface area contributed by atoms with Crippen molar-refractivity contribution in [1.82, 2.24) is 4.90 Å². The van der Waals surface area contributed by atoms with Crippen molar-refractivity contribution in [2.24, 2.45) is 15.4 Å². The van der Waals surface area contributed by atoms with Crippen LogP contribution in [0.25, 0.3) is 0 Å². The third-order valence-corrected chi connectivity index (χ3v) is 6.19. The van der Waals surface area contributed by atoms with Crippen molar-refractivity contribution >= 4 is 17.4 Å². The van der Waals surface area contributed by atoms with Crippen LogP contribution in [0.2, 0.25) is 0 Å². The number of benzene rings is 1. The van der Waals surface area contributed by atoms with Crippen LogP contribution in [0.4, 0.5) is 10.1 Å². The molecule has 0 saturated carbocycles. The van der Waals surface area contributed by atoms with Crippen LogP contribution in [0.5, 0.6) is 0 Å². The third kappa shape index (κ3) is 2.67. The Kier molecular flexibility index (Phi) is 3.82. The van der Waals surface area contributed by atoms with Gasteiger partial charge in [-0.05, 0) is 43.5 Å². The second-order valence-electron chi connectivity index (χ2n) is 9.42. The fourth-order valence-electron chi connectivity index (χ4n) is 4.79. The molecule has 2 atom stereocenters. The highest BCUT2D eigenvalue weighted by atomic mass is 19.1. The highest BCUT2D eigenvalue weighted by molar-refractivity contribution is 6.18. The molecule has 150 valence electrons. The number of hydrogen-bond acceptors (Lipinski definition) is 4. The molecule has 4 nitrogen and oxygen atoms in total. The first-order chi connectivity index (χ1) is 13.7. The van der Waals surface area contributed by atoms with E-state index in [1.165, 1.54) is 0 Å². The maximum absolute atomic E-state index is 15.4. The summed E-state index contributed by atoms with van der Waals surface area (Å²) in [5.74, 6) is 1.36. The molecule has 0 radical (unpaired) electrons. The van der Waals surface area contributed by atoms with Crippen LogP contribution in [0.1, 0.15) is 46.1 Å². The van der Waals surface area contributed by atoms with Gasteiger partial charge in [0.25, 0.3) is 0 Å². The summed E-state index contributed by atoms with van der Waals surface area (Å²) < 4.78 is 21.5. The molecular weight excluding hydrogens is 365 g/mol. The van der Waals surface area contributed by atoms with E-state index in [1.54, 1.807) is 0 Å². The molecular formula is C24H26FN3O. The number of rotatable bonds is 0. The summed E-state index contributed by atoms with van der Waals surface area (Å²) in [5.41, 5.74) is 3.37. The Morgan fingerprint density at radius 2 is 2.03 bits per heavy atom. The Balaban J connectivity index is 1.75. The molecule has 0 aromatic heterocycles. The number of halogens is 1. The van der Waals surface area contributed by atoms with Gasteiger partial charge in [-0.1, -0.05) is 39.5 Å². The Labute approximate surface area is 171 Å². The number of aliphatic imine (C=N–C) groups is 2. The summed E-state index contributed by atoms with van der Waals surface area (Å²) in [5, 5.41) is 0. The third-order valence-electron chi connectivity index (χ3n) is 6.19. The highest BCUT2D eigenvalue weighted by Gasteiger charge is 2.51. The summed E-state index contributed by atoms with van der Waals surface area (Å²) in [6, 6.07) is 7.90. The molecule has 2 bridgehead atoms. The maximum atomic E-state index is 15.4. The van der Waals surface area contributed by atoms with Gasteiger partial charge in [0.2, 0.25) is 0 Å². The van der Waals surface area contributed by atoms with E-state index in [0.717, 1.165) is 41.2 Å². The summed E-state index contributed by atoms with van der Waals surface area (Å²) >= 11 is 0. The second-order valence-corrected chi connectivity index (χ2v) is 9.42. The smallest absolute Gasteiger partial charge is 0.143 e. The molecule has 1 aromatic rings. The molecule has 5 rings (SSSR count). The lowest BCUT2D eigenvalue weighted by Crippen LogP contribution is -2.45. The molecule has 2 fully saturated rings. The Hall–Kier alpha value is -2.53. The minimum Gasteiger partial charge on any atom is -0.363 e. The maximum Gasteiger partial charge on any atom is 0.143 e. The van der Waals surface area contributed by atoms with E-state index in [-0.39, 0.29) is 23.9 Å². The van der Waals surface area contributed by atoms with Crippen molar-refractivity contribution in [1.29, 1.82) is 0 Å². The first-order valence-electron chi connectivity index (χ1n) is 10.2. The van der Waals surface area contributed by atoms with Gasteiger partial charge in [-0.3, -0.25) is 9.89 Å². The van der Waals surface area contributed by atoms with Crippen LogP contribution in [-0.2, 0) is 4.74 Å².